The number of hydrogen-bond acceptors (Lipinski definition) is 3. The molecule has 3 rings (SSSR count). The topological polar surface area (TPSA) is 81.4 Å². The fourth-order valence-electron chi connectivity index (χ4n) is 2.23. The van der Waals surface area contributed by atoms with Crippen LogP contribution >= 0.6 is 0 Å². The Morgan fingerprint density at radius 1 is 1.60 bits per heavy atom. The van der Waals surface area contributed by atoms with E-state index in [0.29, 0.717) is 18.4 Å². The molecular formula is C14H19N5O. The van der Waals surface area contributed by atoms with Gasteiger partial charge in [-0.2, -0.15) is 5.10 Å². The number of hydrogen-bond donors (Lipinski definition) is 2. The fourth-order valence-corrected chi connectivity index (χ4v) is 2.23. The maximum Gasteiger partial charge on any atom is 0.193 e. The van der Waals surface area contributed by atoms with Gasteiger partial charge in [-0.3, -0.25) is 4.68 Å². The molecular weight excluding hydrogens is 254 g/mol. The van der Waals surface area contributed by atoms with Crippen LogP contribution in [0, 0.1) is 5.92 Å². The predicted molar refractivity (Wildman–Crippen MR) is 77.4 cm³/mol. The molecule has 2 aromatic rings. The summed E-state index contributed by atoms with van der Waals surface area (Å²) in [5.74, 6) is 3.61. The molecule has 0 bridgehead atoms. The highest BCUT2D eigenvalue weighted by molar-refractivity contribution is 5.91. The van der Waals surface area contributed by atoms with Gasteiger partial charge < -0.3 is 15.5 Å². The summed E-state index contributed by atoms with van der Waals surface area (Å²) in [6.45, 7) is 2.68. The quantitative estimate of drug-likeness (QED) is 0.660. The summed E-state index contributed by atoms with van der Waals surface area (Å²) in [6, 6.07) is 4.02. The molecule has 3 N–H and O–H groups in total. The highest BCUT2D eigenvalue weighted by Crippen LogP contribution is 2.47. The van der Waals surface area contributed by atoms with Crippen molar-refractivity contribution in [2.45, 2.75) is 25.8 Å². The average Bonchev–Trinajstić information content (AvgIpc) is 2.82. The van der Waals surface area contributed by atoms with E-state index in [4.69, 9.17) is 10.2 Å². The number of aliphatic imine (C=N–C) groups is 1. The van der Waals surface area contributed by atoms with Gasteiger partial charge in [-0.05, 0) is 24.5 Å². The minimum absolute atomic E-state index is 0.357. The summed E-state index contributed by atoms with van der Waals surface area (Å²) >= 11 is 0. The minimum atomic E-state index is 0.357. The van der Waals surface area contributed by atoms with Crippen LogP contribution in [-0.2, 0) is 13.6 Å². The van der Waals surface area contributed by atoms with E-state index in [2.05, 4.69) is 22.3 Å². The second-order valence-electron chi connectivity index (χ2n) is 5.35. The van der Waals surface area contributed by atoms with Crippen LogP contribution < -0.4 is 11.1 Å². The number of aryl methyl sites for hydroxylation is 1. The number of anilines is 1. The Hall–Kier alpha value is -2.24. The fraction of sp³-hybridized carbons (Fsp3) is 0.429. The Kier molecular flexibility index (Phi) is 3.22. The minimum Gasteiger partial charge on any atom is -0.464 e. The van der Waals surface area contributed by atoms with Gasteiger partial charge in [0.15, 0.2) is 5.96 Å². The molecule has 0 aliphatic heterocycles. The van der Waals surface area contributed by atoms with Crippen LogP contribution in [0.15, 0.2) is 33.9 Å². The van der Waals surface area contributed by atoms with Crippen molar-refractivity contribution in [1.29, 1.82) is 0 Å². The highest BCUT2D eigenvalue weighted by atomic mass is 16.3. The zero-order valence-electron chi connectivity index (χ0n) is 11.7. The molecule has 20 heavy (non-hydrogen) atoms. The van der Waals surface area contributed by atoms with Gasteiger partial charge in [-0.1, -0.05) is 6.92 Å². The van der Waals surface area contributed by atoms with E-state index in [9.17, 15) is 0 Å². The van der Waals surface area contributed by atoms with E-state index in [1.165, 1.54) is 6.42 Å². The average molecular weight is 273 g/mol. The summed E-state index contributed by atoms with van der Waals surface area (Å²) in [5.41, 5.74) is 6.64. The van der Waals surface area contributed by atoms with Gasteiger partial charge in [0.05, 0.1) is 11.9 Å². The smallest absolute Gasteiger partial charge is 0.193 e. The SMILES string of the molecule is CC1CC1c1ccc(CN=C(N)Nc2cnn(C)c2)o1. The molecule has 0 radical (unpaired) electrons. The van der Waals surface area contributed by atoms with Crippen LogP contribution in [-0.4, -0.2) is 15.7 Å². The molecule has 106 valence electrons. The van der Waals surface area contributed by atoms with Gasteiger partial charge in [-0.15, -0.1) is 0 Å². The predicted octanol–water partition coefficient (Wildman–Crippen LogP) is 2.06. The molecule has 1 saturated carbocycles. The number of nitrogens with one attached hydrogen (secondary N) is 1. The number of nitrogens with two attached hydrogens (primary N) is 1. The van der Waals surface area contributed by atoms with Crippen LogP contribution in [0.4, 0.5) is 5.69 Å². The van der Waals surface area contributed by atoms with Crippen molar-refractivity contribution >= 4 is 11.6 Å². The van der Waals surface area contributed by atoms with E-state index < -0.39 is 0 Å². The number of furan rings is 1. The monoisotopic (exact) mass is 273 g/mol. The van der Waals surface area contributed by atoms with Crippen molar-refractivity contribution in [3.63, 3.8) is 0 Å². The Labute approximate surface area is 117 Å². The van der Waals surface area contributed by atoms with E-state index in [1.54, 1.807) is 10.9 Å². The summed E-state index contributed by atoms with van der Waals surface area (Å²) in [5, 5.41) is 7.03. The van der Waals surface area contributed by atoms with Crippen molar-refractivity contribution in [3.8, 4) is 0 Å². The Morgan fingerprint density at radius 3 is 3.05 bits per heavy atom. The number of aromatic nitrogens is 2. The molecule has 0 spiro atoms. The third-order valence-electron chi connectivity index (χ3n) is 3.54. The van der Waals surface area contributed by atoms with Gasteiger partial charge >= 0.3 is 0 Å². The van der Waals surface area contributed by atoms with Crippen LogP contribution in [0.2, 0.25) is 0 Å². The van der Waals surface area contributed by atoms with Crippen LogP contribution in [0.1, 0.15) is 30.8 Å². The molecule has 2 aromatic heterocycles. The highest BCUT2D eigenvalue weighted by Gasteiger charge is 2.36. The van der Waals surface area contributed by atoms with Crippen molar-refractivity contribution < 1.29 is 4.42 Å². The number of rotatable bonds is 4. The van der Waals surface area contributed by atoms with E-state index in [0.717, 1.165) is 23.1 Å². The van der Waals surface area contributed by atoms with E-state index in [-0.39, 0.29) is 0 Å². The molecule has 1 fully saturated rings. The zero-order valence-corrected chi connectivity index (χ0v) is 11.7. The van der Waals surface area contributed by atoms with Crippen LogP contribution in [0.5, 0.6) is 0 Å². The lowest BCUT2D eigenvalue weighted by Crippen LogP contribution is -2.22. The van der Waals surface area contributed by atoms with Gasteiger partial charge in [0.25, 0.3) is 0 Å². The molecule has 0 aromatic carbocycles. The third-order valence-corrected chi connectivity index (χ3v) is 3.54. The normalized spacial score (nSPS) is 22.0. The van der Waals surface area contributed by atoms with Crippen LogP contribution in [0.3, 0.4) is 0 Å². The maximum absolute atomic E-state index is 5.82. The third kappa shape index (κ3) is 2.84. The first-order valence-corrected chi connectivity index (χ1v) is 6.76. The van der Waals surface area contributed by atoms with Crippen molar-refractivity contribution in [2.75, 3.05) is 5.32 Å². The lowest BCUT2D eigenvalue weighted by molar-refractivity contribution is 0.464. The maximum atomic E-state index is 5.82. The standard InChI is InChI=1S/C14H19N5O/c1-9-5-12(9)13-4-3-11(20-13)7-16-14(15)18-10-6-17-19(2)8-10/h3-4,6,8-9,12H,5,7H2,1-2H3,(H3,15,16,18). The number of guanidine groups is 1. The molecule has 0 saturated heterocycles. The first-order valence-electron chi connectivity index (χ1n) is 6.76. The number of nitrogens with zero attached hydrogens (tertiary/aromatic N) is 3. The van der Waals surface area contributed by atoms with Gasteiger partial charge in [0, 0.05) is 19.2 Å². The molecule has 1 aliphatic rings. The zero-order chi connectivity index (χ0) is 14.1. The second kappa shape index (κ2) is 5.03. The van der Waals surface area contributed by atoms with Gasteiger partial charge in [-0.25, -0.2) is 4.99 Å². The molecule has 6 nitrogen and oxygen atoms in total. The molecule has 2 unspecified atom stereocenters. The Bertz CT molecular complexity index is 627. The lowest BCUT2D eigenvalue weighted by Gasteiger charge is -2.01. The molecule has 2 heterocycles. The van der Waals surface area contributed by atoms with Crippen molar-refractivity contribution in [3.05, 3.63) is 36.0 Å². The molecule has 1 aliphatic carbocycles. The van der Waals surface area contributed by atoms with Gasteiger partial charge in [0.1, 0.15) is 18.1 Å². The van der Waals surface area contributed by atoms with Crippen LogP contribution in [0.25, 0.3) is 0 Å². The summed E-state index contributed by atoms with van der Waals surface area (Å²) in [6.07, 6.45) is 4.75. The first kappa shape index (κ1) is 12.8. The Morgan fingerprint density at radius 2 is 2.40 bits per heavy atom. The summed E-state index contributed by atoms with van der Waals surface area (Å²) in [4.78, 5) is 4.26. The Balaban J connectivity index is 1.57. The first-order chi connectivity index (χ1) is 9.61. The van der Waals surface area contributed by atoms with Gasteiger partial charge in [0.2, 0.25) is 0 Å². The summed E-state index contributed by atoms with van der Waals surface area (Å²) in [7, 11) is 1.85. The van der Waals surface area contributed by atoms with Crippen molar-refractivity contribution in [2.24, 2.45) is 23.7 Å². The largest absolute Gasteiger partial charge is 0.464 e. The van der Waals surface area contributed by atoms with Crippen molar-refractivity contribution in [1.82, 2.24) is 9.78 Å². The summed E-state index contributed by atoms with van der Waals surface area (Å²) < 4.78 is 7.48. The second-order valence-corrected chi connectivity index (χ2v) is 5.35. The molecule has 6 heteroatoms. The van der Waals surface area contributed by atoms with E-state index >= 15 is 0 Å². The molecule has 2 atom stereocenters. The van der Waals surface area contributed by atoms with E-state index in [1.807, 2.05) is 25.4 Å². The lowest BCUT2D eigenvalue weighted by atomic mass is 10.3. The molecule has 0 amide bonds.